The third kappa shape index (κ3) is 7.23. The van der Waals surface area contributed by atoms with Gasteiger partial charge in [-0.05, 0) is 76.5 Å². The monoisotopic (exact) mass is 430 g/mol. The maximum absolute atomic E-state index is 12.5. The number of likely N-dealkylation sites (tertiary alicyclic amines) is 2. The summed E-state index contributed by atoms with van der Waals surface area (Å²) in [5.74, 6) is 0.704. The van der Waals surface area contributed by atoms with Crippen molar-refractivity contribution >= 4 is 12.0 Å². The van der Waals surface area contributed by atoms with Gasteiger partial charge in [0.1, 0.15) is 5.60 Å². The lowest BCUT2D eigenvalue weighted by Gasteiger charge is -2.33. The van der Waals surface area contributed by atoms with E-state index in [2.05, 4.69) is 12.1 Å². The molecule has 2 aliphatic rings. The number of hydrogen-bond donors (Lipinski definition) is 1. The number of carbonyl (C=O) groups is 2. The number of benzene rings is 1. The van der Waals surface area contributed by atoms with Crippen LogP contribution in [-0.4, -0.2) is 64.8 Å². The highest BCUT2D eigenvalue weighted by Gasteiger charge is 2.27. The molecule has 0 bridgehead atoms. The number of amides is 2. The molecule has 2 amide bonds. The van der Waals surface area contributed by atoms with Crippen LogP contribution in [0.15, 0.2) is 24.3 Å². The number of aliphatic hydroxyl groups excluding tert-OH is 1. The SMILES string of the molecule is CC(C)(C)OC(=O)N1CCC(CCCCc2ccc(C(=O)N3CCC(O)C3)cc2)CC1. The summed E-state index contributed by atoms with van der Waals surface area (Å²) >= 11 is 0. The van der Waals surface area contributed by atoms with Gasteiger partial charge in [-0.1, -0.05) is 25.0 Å². The Balaban J connectivity index is 1.32. The number of nitrogens with zero attached hydrogens (tertiary/aromatic N) is 2. The summed E-state index contributed by atoms with van der Waals surface area (Å²) in [5.41, 5.74) is 1.53. The fraction of sp³-hybridized carbons (Fsp3) is 0.680. The topological polar surface area (TPSA) is 70.1 Å². The van der Waals surface area contributed by atoms with Crippen LogP contribution in [-0.2, 0) is 11.2 Å². The number of aryl methyl sites for hydroxylation is 1. The summed E-state index contributed by atoms with van der Waals surface area (Å²) in [7, 11) is 0. The molecule has 2 heterocycles. The standard InChI is InChI=1S/C25H38N2O4/c1-25(2,3)31-24(30)26-15-12-20(13-16-26)7-5-4-6-19-8-10-21(11-9-19)23(29)27-17-14-22(28)18-27/h8-11,20,22,28H,4-7,12-18H2,1-3H3. The molecule has 0 aromatic heterocycles. The molecule has 1 aromatic carbocycles. The van der Waals surface area contributed by atoms with Crippen LogP contribution in [0.5, 0.6) is 0 Å². The summed E-state index contributed by atoms with van der Waals surface area (Å²) in [6, 6.07) is 7.93. The Labute approximate surface area is 186 Å². The van der Waals surface area contributed by atoms with E-state index in [0.717, 1.165) is 38.8 Å². The van der Waals surface area contributed by atoms with E-state index in [1.165, 1.54) is 18.4 Å². The first-order valence-electron chi connectivity index (χ1n) is 11.8. The molecule has 2 saturated heterocycles. The van der Waals surface area contributed by atoms with Crippen molar-refractivity contribution in [3.63, 3.8) is 0 Å². The molecular formula is C25H38N2O4. The molecule has 1 aromatic rings. The highest BCUT2D eigenvalue weighted by molar-refractivity contribution is 5.94. The van der Waals surface area contributed by atoms with E-state index in [-0.39, 0.29) is 18.1 Å². The molecule has 2 aliphatic heterocycles. The third-order valence-electron chi connectivity index (χ3n) is 6.25. The fourth-order valence-electron chi connectivity index (χ4n) is 4.42. The summed E-state index contributed by atoms with van der Waals surface area (Å²) in [6.07, 6.45) is 6.76. The molecule has 0 radical (unpaired) electrons. The summed E-state index contributed by atoms with van der Waals surface area (Å²) in [5, 5.41) is 9.62. The van der Waals surface area contributed by atoms with Crippen molar-refractivity contribution in [1.29, 1.82) is 0 Å². The number of carbonyl (C=O) groups excluding carboxylic acids is 2. The van der Waals surface area contributed by atoms with Gasteiger partial charge in [0, 0.05) is 31.7 Å². The van der Waals surface area contributed by atoms with Crippen molar-refractivity contribution in [2.75, 3.05) is 26.2 Å². The van der Waals surface area contributed by atoms with Crippen LogP contribution in [0, 0.1) is 5.92 Å². The normalized spacial score (nSPS) is 20.2. The van der Waals surface area contributed by atoms with Gasteiger partial charge in [0.2, 0.25) is 0 Å². The van der Waals surface area contributed by atoms with Gasteiger partial charge in [-0.25, -0.2) is 4.79 Å². The van der Waals surface area contributed by atoms with Crippen LogP contribution >= 0.6 is 0 Å². The van der Waals surface area contributed by atoms with Crippen LogP contribution in [0.25, 0.3) is 0 Å². The second kappa shape index (κ2) is 10.5. The Morgan fingerprint density at radius 2 is 1.65 bits per heavy atom. The fourth-order valence-corrected chi connectivity index (χ4v) is 4.42. The molecule has 6 heteroatoms. The molecule has 172 valence electrons. The Morgan fingerprint density at radius 3 is 2.23 bits per heavy atom. The number of rotatable bonds is 6. The van der Waals surface area contributed by atoms with Gasteiger partial charge >= 0.3 is 6.09 Å². The molecule has 1 N–H and O–H groups in total. The van der Waals surface area contributed by atoms with E-state index >= 15 is 0 Å². The van der Waals surface area contributed by atoms with Crippen molar-refractivity contribution < 1.29 is 19.4 Å². The lowest BCUT2D eigenvalue weighted by molar-refractivity contribution is 0.0180. The average Bonchev–Trinajstić information content (AvgIpc) is 3.16. The van der Waals surface area contributed by atoms with Gasteiger partial charge in [-0.15, -0.1) is 0 Å². The zero-order valence-electron chi connectivity index (χ0n) is 19.3. The number of hydrogen-bond acceptors (Lipinski definition) is 4. The second-order valence-electron chi connectivity index (χ2n) is 10.0. The van der Waals surface area contributed by atoms with Gasteiger partial charge in [-0.2, -0.15) is 0 Å². The summed E-state index contributed by atoms with van der Waals surface area (Å²) < 4.78 is 5.47. The van der Waals surface area contributed by atoms with Gasteiger partial charge in [0.25, 0.3) is 5.91 Å². The predicted octanol–water partition coefficient (Wildman–Crippen LogP) is 4.25. The minimum atomic E-state index is -0.434. The molecular weight excluding hydrogens is 392 g/mol. The Hall–Kier alpha value is -2.08. The van der Waals surface area contributed by atoms with E-state index in [4.69, 9.17) is 4.74 Å². The molecule has 1 unspecified atom stereocenters. The second-order valence-corrected chi connectivity index (χ2v) is 10.0. The van der Waals surface area contributed by atoms with Crippen molar-refractivity contribution in [3.05, 3.63) is 35.4 Å². The van der Waals surface area contributed by atoms with Crippen LogP contribution < -0.4 is 0 Å². The number of aliphatic hydroxyl groups is 1. The largest absolute Gasteiger partial charge is 0.444 e. The summed E-state index contributed by atoms with van der Waals surface area (Å²) in [4.78, 5) is 28.2. The van der Waals surface area contributed by atoms with Crippen LogP contribution in [0.3, 0.4) is 0 Å². The lowest BCUT2D eigenvalue weighted by atomic mass is 9.91. The van der Waals surface area contributed by atoms with Gasteiger partial charge in [0.15, 0.2) is 0 Å². The highest BCUT2D eigenvalue weighted by Crippen LogP contribution is 2.24. The molecule has 31 heavy (non-hydrogen) atoms. The van der Waals surface area contributed by atoms with Crippen molar-refractivity contribution in [2.24, 2.45) is 5.92 Å². The van der Waals surface area contributed by atoms with Gasteiger partial charge < -0.3 is 19.6 Å². The highest BCUT2D eigenvalue weighted by atomic mass is 16.6. The Bertz CT molecular complexity index is 733. The maximum atomic E-state index is 12.5. The van der Waals surface area contributed by atoms with E-state index in [9.17, 15) is 14.7 Å². The molecule has 6 nitrogen and oxygen atoms in total. The quantitative estimate of drug-likeness (QED) is 0.685. The molecule has 1 atom stereocenters. The first kappa shape index (κ1) is 23.6. The number of ether oxygens (including phenoxy) is 1. The molecule has 2 fully saturated rings. The number of β-amino-alcohol motifs (C(OH)–C–C–N with tert-alkyl or cyclic N) is 1. The number of unbranched alkanes of at least 4 members (excludes halogenated alkanes) is 1. The molecule has 0 spiro atoms. The first-order valence-corrected chi connectivity index (χ1v) is 11.8. The van der Waals surface area contributed by atoms with Gasteiger partial charge in [0.05, 0.1) is 6.10 Å². The van der Waals surface area contributed by atoms with E-state index in [0.29, 0.717) is 31.0 Å². The van der Waals surface area contributed by atoms with Crippen LogP contribution in [0.4, 0.5) is 4.79 Å². The Kier molecular flexibility index (Phi) is 7.98. The van der Waals surface area contributed by atoms with E-state index in [1.54, 1.807) is 4.90 Å². The molecule has 0 aliphatic carbocycles. The predicted molar refractivity (Wildman–Crippen MR) is 121 cm³/mol. The Morgan fingerprint density at radius 1 is 1.00 bits per heavy atom. The minimum Gasteiger partial charge on any atom is -0.444 e. The maximum Gasteiger partial charge on any atom is 0.410 e. The molecule has 3 rings (SSSR count). The van der Waals surface area contributed by atoms with Crippen molar-refractivity contribution in [2.45, 2.75) is 77.4 Å². The van der Waals surface area contributed by atoms with Crippen molar-refractivity contribution in [3.8, 4) is 0 Å². The molecule has 0 saturated carbocycles. The first-order chi connectivity index (χ1) is 14.7. The van der Waals surface area contributed by atoms with Crippen LogP contribution in [0.1, 0.15) is 75.2 Å². The van der Waals surface area contributed by atoms with Crippen LogP contribution in [0.2, 0.25) is 0 Å². The van der Waals surface area contributed by atoms with E-state index in [1.807, 2.05) is 37.8 Å². The zero-order chi connectivity index (χ0) is 22.4. The lowest BCUT2D eigenvalue weighted by Crippen LogP contribution is -2.41. The van der Waals surface area contributed by atoms with Crippen molar-refractivity contribution in [1.82, 2.24) is 9.80 Å². The third-order valence-corrected chi connectivity index (χ3v) is 6.25. The van der Waals surface area contributed by atoms with Gasteiger partial charge in [-0.3, -0.25) is 4.79 Å². The minimum absolute atomic E-state index is 0.0147. The average molecular weight is 431 g/mol. The summed E-state index contributed by atoms with van der Waals surface area (Å²) in [6.45, 7) is 8.38. The smallest absolute Gasteiger partial charge is 0.410 e. The zero-order valence-corrected chi connectivity index (χ0v) is 19.3. The van der Waals surface area contributed by atoms with E-state index < -0.39 is 5.60 Å². The number of piperidine rings is 1.